The van der Waals surface area contributed by atoms with E-state index in [2.05, 4.69) is 0 Å². The van der Waals surface area contributed by atoms with E-state index in [9.17, 15) is 13.2 Å². The fourth-order valence-electron chi connectivity index (χ4n) is 1.38. The summed E-state index contributed by atoms with van der Waals surface area (Å²) in [6.45, 7) is 0.573. The number of rotatable bonds is 1. The topological polar surface area (TPSA) is 12.5 Å². The Morgan fingerprint density at radius 1 is 1.42 bits per heavy atom. The van der Waals surface area contributed by atoms with Crippen LogP contribution in [0.1, 0.15) is 12.8 Å². The van der Waals surface area contributed by atoms with Crippen molar-refractivity contribution in [2.45, 2.75) is 19.0 Å². The Labute approximate surface area is 69.2 Å². The van der Waals surface area contributed by atoms with Gasteiger partial charge in [-0.05, 0) is 12.8 Å². The Balaban J connectivity index is 2.46. The van der Waals surface area contributed by atoms with Gasteiger partial charge in [-0.3, -0.25) is 0 Å². The summed E-state index contributed by atoms with van der Waals surface area (Å²) >= 11 is 0. The Kier molecular flexibility index (Phi) is 2.95. The molecule has 1 saturated heterocycles. The molecule has 0 aromatic rings. The van der Waals surface area contributed by atoms with Crippen molar-refractivity contribution < 1.29 is 18.0 Å². The highest BCUT2D eigenvalue weighted by atomic mass is 19.4. The van der Waals surface area contributed by atoms with Crippen LogP contribution in [0, 0.1) is 5.92 Å². The molecule has 0 aromatic heterocycles. The molecular weight excluding hydrogens is 171 g/mol. The Hall–Kier alpha value is -0.290. The van der Waals surface area contributed by atoms with E-state index in [1.807, 2.05) is 0 Å². The molecule has 0 aliphatic carbocycles. The lowest BCUT2D eigenvalue weighted by Crippen LogP contribution is -2.40. The fourth-order valence-corrected chi connectivity index (χ4v) is 1.38. The second-order valence-corrected chi connectivity index (χ2v) is 2.95. The van der Waals surface area contributed by atoms with Gasteiger partial charge in [0.25, 0.3) is 0 Å². The third kappa shape index (κ3) is 2.35. The van der Waals surface area contributed by atoms with Gasteiger partial charge in [0, 0.05) is 13.1 Å². The summed E-state index contributed by atoms with van der Waals surface area (Å²) < 4.78 is 36.5. The summed E-state index contributed by atoms with van der Waals surface area (Å²) in [5.41, 5.74) is 0. The molecule has 1 atom stereocenters. The molecule has 0 bridgehead atoms. The van der Waals surface area contributed by atoms with Gasteiger partial charge in [-0.2, -0.15) is 18.2 Å². The van der Waals surface area contributed by atoms with Gasteiger partial charge < -0.3 is 4.84 Å². The first kappa shape index (κ1) is 9.80. The summed E-state index contributed by atoms with van der Waals surface area (Å²) in [6, 6.07) is 0. The van der Waals surface area contributed by atoms with Gasteiger partial charge in [0.1, 0.15) is 0 Å². The predicted octanol–water partition coefficient (Wildman–Crippen LogP) is 1.82. The van der Waals surface area contributed by atoms with E-state index in [1.165, 1.54) is 12.2 Å². The summed E-state index contributed by atoms with van der Waals surface area (Å²) in [5.74, 6) is -1.22. The van der Waals surface area contributed by atoms with E-state index in [1.54, 1.807) is 0 Å². The van der Waals surface area contributed by atoms with Crippen LogP contribution >= 0.6 is 0 Å². The van der Waals surface area contributed by atoms with Crippen molar-refractivity contribution in [1.82, 2.24) is 5.06 Å². The highest BCUT2D eigenvalue weighted by Gasteiger charge is 2.41. The number of hydroxylamine groups is 2. The molecule has 0 saturated carbocycles. The molecule has 0 N–H and O–H groups in total. The SMILES string of the molecule is CON1CCCC(C(F)(F)F)C1. The Morgan fingerprint density at radius 2 is 2.08 bits per heavy atom. The second kappa shape index (κ2) is 3.62. The van der Waals surface area contributed by atoms with Crippen LogP contribution in [0.2, 0.25) is 0 Å². The number of nitrogens with zero attached hydrogens (tertiary/aromatic N) is 1. The smallest absolute Gasteiger partial charge is 0.302 e. The van der Waals surface area contributed by atoms with Crippen molar-refractivity contribution in [3.05, 3.63) is 0 Å². The van der Waals surface area contributed by atoms with Crippen LogP contribution in [-0.4, -0.2) is 31.4 Å². The molecule has 0 radical (unpaired) electrons. The van der Waals surface area contributed by atoms with Crippen LogP contribution < -0.4 is 0 Å². The van der Waals surface area contributed by atoms with Crippen molar-refractivity contribution in [2.75, 3.05) is 20.2 Å². The largest absolute Gasteiger partial charge is 0.393 e. The Bertz CT molecular complexity index is 148. The van der Waals surface area contributed by atoms with Crippen molar-refractivity contribution in [3.8, 4) is 0 Å². The first-order valence-corrected chi connectivity index (χ1v) is 3.90. The van der Waals surface area contributed by atoms with E-state index >= 15 is 0 Å². The van der Waals surface area contributed by atoms with Gasteiger partial charge in [-0.15, -0.1) is 0 Å². The van der Waals surface area contributed by atoms with Crippen LogP contribution in [0.25, 0.3) is 0 Å². The minimum absolute atomic E-state index is 0.0278. The maximum atomic E-state index is 12.2. The normalized spacial score (nSPS) is 27.5. The van der Waals surface area contributed by atoms with Gasteiger partial charge in [0.05, 0.1) is 13.0 Å². The number of alkyl halides is 3. The van der Waals surface area contributed by atoms with Gasteiger partial charge >= 0.3 is 6.18 Å². The van der Waals surface area contributed by atoms with Gasteiger partial charge in [-0.1, -0.05) is 0 Å². The van der Waals surface area contributed by atoms with E-state index < -0.39 is 12.1 Å². The molecule has 0 spiro atoms. The average Bonchev–Trinajstić information content (AvgIpc) is 2.03. The predicted molar refractivity (Wildman–Crippen MR) is 37.4 cm³/mol. The van der Waals surface area contributed by atoms with Gasteiger partial charge in [0.2, 0.25) is 0 Å². The minimum atomic E-state index is -4.07. The van der Waals surface area contributed by atoms with Crippen LogP contribution in [-0.2, 0) is 4.84 Å². The third-order valence-corrected chi connectivity index (χ3v) is 2.11. The zero-order valence-corrected chi connectivity index (χ0v) is 6.90. The van der Waals surface area contributed by atoms with Gasteiger partial charge in [-0.25, -0.2) is 0 Å². The summed E-state index contributed by atoms with van der Waals surface area (Å²) in [6.07, 6.45) is -3.29. The van der Waals surface area contributed by atoms with Crippen molar-refractivity contribution in [1.29, 1.82) is 0 Å². The number of piperidine rings is 1. The maximum Gasteiger partial charge on any atom is 0.393 e. The molecule has 1 heterocycles. The second-order valence-electron chi connectivity index (χ2n) is 2.95. The molecule has 1 unspecified atom stereocenters. The highest BCUT2D eigenvalue weighted by molar-refractivity contribution is 4.74. The lowest BCUT2D eigenvalue weighted by atomic mass is 9.99. The van der Waals surface area contributed by atoms with Crippen molar-refractivity contribution in [2.24, 2.45) is 5.92 Å². The lowest BCUT2D eigenvalue weighted by molar-refractivity contribution is -0.227. The summed E-state index contributed by atoms with van der Waals surface area (Å²) in [5, 5.41) is 1.36. The first-order chi connectivity index (χ1) is 5.54. The van der Waals surface area contributed by atoms with Crippen LogP contribution in [0.5, 0.6) is 0 Å². The van der Waals surface area contributed by atoms with E-state index in [4.69, 9.17) is 4.84 Å². The molecule has 1 rings (SSSR count). The molecule has 12 heavy (non-hydrogen) atoms. The van der Waals surface area contributed by atoms with Crippen molar-refractivity contribution in [3.63, 3.8) is 0 Å². The monoisotopic (exact) mass is 183 g/mol. The first-order valence-electron chi connectivity index (χ1n) is 3.90. The third-order valence-electron chi connectivity index (χ3n) is 2.11. The summed E-state index contributed by atoms with van der Waals surface area (Å²) in [7, 11) is 1.40. The number of halogens is 3. The van der Waals surface area contributed by atoms with E-state index in [-0.39, 0.29) is 13.0 Å². The van der Waals surface area contributed by atoms with Gasteiger partial charge in [0.15, 0.2) is 0 Å². The molecule has 1 aliphatic heterocycles. The van der Waals surface area contributed by atoms with Crippen LogP contribution in [0.4, 0.5) is 13.2 Å². The molecule has 72 valence electrons. The van der Waals surface area contributed by atoms with E-state index in [0.717, 1.165) is 0 Å². The highest BCUT2D eigenvalue weighted by Crippen LogP contribution is 2.32. The number of hydrogen-bond donors (Lipinski definition) is 0. The lowest BCUT2D eigenvalue weighted by Gasteiger charge is -2.31. The zero-order chi connectivity index (χ0) is 9.19. The zero-order valence-electron chi connectivity index (χ0n) is 6.90. The molecule has 1 aliphatic rings. The quantitative estimate of drug-likeness (QED) is 0.614. The van der Waals surface area contributed by atoms with Crippen LogP contribution in [0.15, 0.2) is 0 Å². The van der Waals surface area contributed by atoms with Crippen molar-refractivity contribution >= 4 is 0 Å². The molecule has 0 amide bonds. The summed E-state index contributed by atoms with van der Waals surface area (Å²) in [4.78, 5) is 4.75. The molecule has 1 fully saturated rings. The Morgan fingerprint density at radius 3 is 2.58 bits per heavy atom. The minimum Gasteiger partial charge on any atom is -0.302 e. The molecule has 0 aromatic carbocycles. The van der Waals surface area contributed by atoms with Crippen LogP contribution in [0.3, 0.4) is 0 Å². The molecule has 5 heteroatoms. The van der Waals surface area contributed by atoms with E-state index in [0.29, 0.717) is 13.0 Å². The molecular formula is C7H12F3NO. The standard InChI is InChI=1S/C7H12F3NO/c1-12-11-4-2-3-6(5-11)7(8,9)10/h6H,2-5H2,1H3. The average molecular weight is 183 g/mol. The molecule has 2 nitrogen and oxygen atoms in total. The number of hydrogen-bond acceptors (Lipinski definition) is 2. The fraction of sp³-hybridized carbons (Fsp3) is 1.00. The maximum absolute atomic E-state index is 12.2.